The second-order valence-electron chi connectivity index (χ2n) is 6.65. The van der Waals surface area contributed by atoms with Crippen molar-refractivity contribution in [3.63, 3.8) is 0 Å². The van der Waals surface area contributed by atoms with Crippen LogP contribution in [-0.4, -0.2) is 48.5 Å². The minimum atomic E-state index is -1.15. The molecule has 9 nitrogen and oxygen atoms in total. The number of aryl methyl sites for hydroxylation is 1. The Morgan fingerprint density at radius 2 is 1.83 bits per heavy atom. The smallest absolute Gasteiger partial charge is 0.355 e. The summed E-state index contributed by atoms with van der Waals surface area (Å²) in [6, 6.07) is 6.86. The van der Waals surface area contributed by atoms with Crippen LogP contribution in [0.1, 0.15) is 39.0 Å². The van der Waals surface area contributed by atoms with E-state index >= 15 is 0 Å². The van der Waals surface area contributed by atoms with Gasteiger partial charge in [0.2, 0.25) is 5.91 Å². The highest BCUT2D eigenvalue weighted by atomic mass is 16.5. The van der Waals surface area contributed by atoms with Gasteiger partial charge in [0.25, 0.3) is 5.91 Å². The van der Waals surface area contributed by atoms with Crippen LogP contribution < -0.4 is 10.2 Å². The van der Waals surface area contributed by atoms with Crippen LogP contribution in [0.3, 0.4) is 0 Å². The Morgan fingerprint density at radius 1 is 1.14 bits per heavy atom. The van der Waals surface area contributed by atoms with Crippen LogP contribution in [-0.2, 0) is 19.1 Å². The molecule has 152 valence electrons. The highest BCUT2D eigenvalue weighted by molar-refractivity contribution is 6.11. The van der Waals surface area contributed by atoms with E-state index in [1.54, 1.807) is 38.1 Å². The summed E-state index contributed by atoms with van der Waals surface area (Å²) in [5.74, 6) is -2.23. The number of carbonyl (C=O) groups excluding carboxylic acids is 4. The summed E-state index contributed by atoms with van der Waals surface area (Å²) in [6.45, 7) is 4.48. The van der Waals surface area contributed by atoms with Crippen molar-refractivity contribution < 1.29 is 28.7 Å². The van der Waals surface area contributed by atoms with Gasteiger partial charge in [-0.1, -0.05) is 12.1 Å². The summed E-state index contributed by atoms with van der Waals surface area (Å²) >= 11 is 0. The van der Waals surface area contributed by atoms with E-state index in [1.807, 2.05) is 0 Å². The number of hydrogen-bond acceptors (Lipinski definition) is 6. The molecule has 1 unspecified atom stereocenters. The number of ether oxygens (including phenoxy) is 2. The van der Waals surface area contributed by atoms with Crippen LogP contribution in [0, 0.1) is 13.8 Å². The maximum atomic E-state index is 12.9. The lowest BCUT2D eigenvalue weighted by molar-refractivity contribution is -0.128. The maximum absolute atomic E-state index is 12.9. The van der Waals surface area contributed by atoms with E-state index in [-0.39, 0.29) is 23.7 Å². The van der Waals surface area contributed by atoms with Gasteiger partial charge in [-0.05, 0) is 38.5 Å². The maximum Gasteiger partial charge on any atom is 0.355 e. The zero-order valence-corrected chi connectivity index (χ0v) is 16.5. The number of hydrogen-bond donors (Lipinski definition) is 2. The first-order valence-electron chi connectivity index (χ1n) is 8.93. The molecule has 3 rings (SSSR count). The molecule has 0 saturated carbocycles. The Morgan fingerprint density at radius 3 is 2.52 bits per heavy atom. The number of aromatic amines is 1. The van der Waals surface area contributed by atoms with E-state index in [2.05, 4.69) is 10.3 Å². The molecule has 1 aromatic carbocycles. The summed E-state index contributed by atoms with van der Waals surface area (Å²) in [5.41, 5.74) is 2.19. The van der Waals surface area contributed by atoms with Crippen LogP contribution in [0.4, 0.5) is 11.4 Å². The van der Waals surface area contributed by atoms with Crippen molar-refractivity contribution in [1.29, 1.82) is 0 Å². The molecule has 29 heavy (non-hydrogen) atoms. The van der Waals surface area contributed by atoms with Crippen molar-refractivity contribution in [3.05, 3.63) is 46.8 Å². The third kappa shape index (κ3) is 3.71. The molecule has 2 N–H and O–H groups in total. The van der Waals surface area contributed by atoms with Gasteiger partial charge < -0.3 is 19.8 Å². The van der Waals surface area contributed by atoms with Gasteiger partial charge in [-0.15, -0.1) is 0 Å². The van der Waals surface area contributed by atoms with Gasteiger partial charge >= 0.3 is 11.9 Å². The monoisotopic (exact) mass is 399 g/mol. The fourth-order valence-corrected chi connectivity index (χ4v) is 3.28. The summed E-state index contributed by atoms with van der Waals surface area (Å²) in [5, 5.41) is 2.69. The largest absolute Gasteiger partial charge is 0.465 e. The minimum Gasteiger partial charge on any atom is -0.465 e. The molecule has 1 atom stereocenters. The Hall–Kier alpha value is -3.62. The third-order valence-electron chi connectivity index (χ3n) is 4.70. The fraction of sp³-hybridized carbons (Fsp3) is 0.300. The molecular formula is C20H21N3O6. The number of aromatic nitrogens is 1. The molecule has 0 spiro atoms. The highest BCUT2D eigenvalue weighted by Gasteiger charge is 2.32. The van der Waals surface area contributed by atoms with Crippen LogP contribution in [0.5, 0.6) is 0 Å². The topological polar surface area (TPSA) is 118 Å². The number of benzene rings is 1. The summed E-state index contributed by atoms with van der Waals surface area (Å²) in [6.07, 6.45) is -1.15. The molecule has 1 aliphatic heterocycles. The molecule has 2 amide bonds. The van der Waals surface area contributed by atoms with E-state index in [0.29, 0.717) is 22.6 Å². The number of methoxy groups -OCH3 is 1. The third-order valence-corrected chi connectivity index (χ3v) is 4.70. The summed E-state index contributed by atoms with van der Waals surface area (Å²) in [4.78, 5) is 53.4. The number of fused-ring (bicyclic) bond motifs is 1. The molecule has 0 radical (unpaired) electrons. The number of anilines is 2. The molecular weight excluding hydrogens is 378 g/mol. The SMILES string of the molecule is COC(=O)c1c(C)[nH]c(C(=O)OC(C)C(=O)N2CC(=O)Nc3ccccc32)c1C. The normalized spacial score (nSPS) is 13.9. The molecule has 1 aromatic heterocycles. The van der Waals surface area contributed by atoms with E-state index in [1.165, 1.54) is 18.9 Å². The van der Waals surface area contributed by atoms with Crippen molar-refractivity contribution in [2.75, 3.05) is 23.9 Å². The van der Waals surface area contributed by atoms with Gasteiger partial charge in [0, 0.05) is 5.69 Å². The zero-order valence-electron chi connectivity index (χ0n) is 16.5. The van der Waals surface area contributed by atoms with Crippen molar-refractivity contribution in [1.82, 2.24) is 4.98 Å². The summed E-state index contributed by atoms with van der Waals surface area (Å²) in [7, 11) is 1.25. The molecule has 2 heterocycles. The number of carbonyl (C=O) groups is 4. The van der Waals surface area contributed by atoms with Crippen LogP contribution in [0.25, 0.3) is 0 Å². The molecule has 9 heteroatoms. The van der Waals surface area contributed by atoms with E-state index in [4.69, 9.17) is 9.47 Å². The van der Waals surface area contributed by atoms with E-state index in [0.717, 1.165) is 0 Å². The lowest BCUT2D eigenvalue weighted by Gasteiger charge is -2.30. The Labute approximate surface area is 167 Å². The summed E-state index contributed by atoms with van der Waals surface area (Å²) < 4.78 is 10.0. The molecule has 0 fully saturated rings. The second-order valence-corrected chi connectivity index (χ2v) is 6.65. The quantitative estimate of drug-likeness (QED) is 0.759. The van der Waals surface area contributed by atoms with Gasteiger partial charge in [0.05, 0.1) is 24.0 Å². The first-order valence-corrected chi connectivity index (χ1v) is 8.93. The van der Waals surface area contributed by atoms with Gasteiger partial charge in [0.15, 0.2) is 6.10 Å². The van der Waals surface area contributed by atoms with Gasteiger partial charge in [-0.3, -0.25) is 14.5 Å². The predicted molar refractivity (Wildman–Crippen MR) is 104 cm³/mol. The Balaban J connectivity index is 1.80. The average Bonchev–Trinajstić information content (AvgIpc) is 3.00. The number of H-pyrrole nitrogens is 1. The lowest BCUT2D eigenvalue weighted by atomic mass is 10.1. The number of amides is 2. The van der Waals surface area contributed by atoms with E-state index < -0.39 is 23.9 Å². The van der Waals surface area contributed by atoms with Gasteiger partial charge in [-0.2, -0.15) is 0 Å². The zero-order chi connectivity index (χ0) is 21.3. The molecule has 0 saturated heterocycles. The number of nitrogens with one attached hydrogen (secondary N) is 2. The fourth-order valence-electron chi connectivity index (χ4n) is 3.28. The molecule has 0 bridgehead atoms. The second kappa shape index (κ2) is 7.78. The van der Waals surface area contributed by atoms with Gasteiger partial charge in [-0.25, -0.2) is 9.59 Å². The number of nitrogens with zero attached hydrogens (tertiary/aromatic N) is 1. The number of rotatable bonds is 4. The van der Waals surface area contributed by atoms with E-state index in [9.17, 15) is 19.2 Å². The van der Waals surface area contributed by atoms with Crippen molar-refractivity contribution in [2.45, 2.75) is 26.9 Å². The standard InChI is InChI=1S/C20H21N3O6/c1-10-16(19(26)28-4)11(2)21-17(10)20(27)29-12(3)18(25)23-9-15(24)22-13-7-5-6-8-14(13)23/h5-8,12,21H,9H2,1-4H3,(H,22,24). The first-order chi connectivity index (χ1) is 13.7. The predicted octanol–water partition coefficient (Wildman–Crippen LogP) is 1.95. The van der Waals surface area contributed by atoms with Crippen LogP contribution >= 0.6 is 0 Å². The molecule has 2 aromatic rings. The average molecular weight is 399 g/mol. The molecule has 1 aliphatic rings. The number of para-hydroxylation sites is 2. The highest BCUT2D eigenvalue weighted by Crippen LogP contribution is 2.29. The first kappa shape index (κ1) is 20.1. The van der Waals surface area contributed by atoms with Crippen LogP contribution in [0.2, 0.25) is 0 Å². The van der Waals surface area contributed by atoms with Crippen LogP contribution in [0.15, 0.2) is 24.3 Å². The minimum absolute atomic E-state index is 0.0688. The Kier molecular flexibility index (Phi) is 5.40. The van der Waals surface area contributed by atoms with Crippen molar-refractivity contribution >= 4 is 35.1 Å². The number of esters is 2. The van der Waals surface area contributed by atoms with Crippen molar-refractivity contribution in [2.24, 2.45) is 0 Å². The van der Waals surface area contributed by atoms with Gasteiger partial charge in [0.1, 0.15) is 12.2 Å². The van der Waals surface area contributed by atoms with Crippen molar-refractivity contribution in [3.8, 4) is 0 Å². The lowest BCUT2D eigenvalue weighted by Crippen LogP contribution is -2.47. The Bertz CT molecular complexity index is 1010. The molecule has 0 aliphatic carbocycles.